The van der Waals surface area contributed by atoms with E-state index in [9.17, 15) is 19.2 Å². The Kier molecular flexibility index (Phi) is 6.53. The Morgan fingerprint density at radius 3 is 2.77 bits per heavy atom. The van der Waals surface area contributed by atoms with Crippen LogP contribution in [-0.2, 0) is 20.8 Å². The lowest BCUT2D eigenvalue weighted by Crippen LogP contribution is -2.25. The third-order valence-electron chi connectivity index (χ3n) is 5.35. The van der Waals surface area contributed by atoms with Crippen LogP contribution in [0.5, 0.6) is 0 Å². The number of nitrogens with zero attached hydrogens (tertiary/aromatic N) is 2. The van der Waals surface area contributed by atoms with Crippen molar-refractivity contribution in [3.63, 3.8) is 0 Å². The monoisotopic (exact) mass is 413 g/mol. The highest BCUT2D eigenvalue weighted by molar-refractivity contribution is 5.96. The summed E-state index contributed by atoms with van der Waals surface area (Å²) in [7, 11) is 0. The van der Waals surface area contributed by atoms with Crippen LogP contribution in [0.1, 0.15) is 45.6 Å². The second kappa shape index (κ2) is 9.09. The molecule has 158 valence electrons. The van der Waals surface area contributed by atoms with E-state index in [-0.39, 0.29) is 11.7 Å². The maximum absolute atomic E-state index is 13.6. The van der Waals surface area contributed by atoms with Crippen LogP contribution in [0.3, 0.4) is 0 Å². The van der Waals surface area contributed by atoms with Gasteiger partial charge in [0.15, 0.2) is 6.61 Å². The molecule has 2 aromatic rings. The number of anilines is 1. The molecule has 0 bridgehead atoms. The normalized spacial score (nSPS) is 15.6. The average Bonchev–Trinajstić information content (AvgIpc) is 3.31. The molecule has 0 radical (unpaired) electrons. The maximum atomic E-state index is 13.6. The number of esters is 1. The number of amides is 1. The molecule has 0 saturated carbocycles. The zero-order valence-corrected chi connectivity index (χ0v) is 17.3. The summed E-state index contributed by atoms with van der Waals surface area (Å²) in [4.78, 5) is 24.5. The molecule has 0 spiro atoms. The summed E-state index contributed by atoms with van der Waals surface area (Å²) in [5, 5.41) is 12.2. The standard InChI is InChI=1S/C22H24FN3O4/c1-13-6-7-16(9-19(13)23)22(28)30-12-20(27)25-21-18(10-24)14(2)15(3)26(21)11-17-5-4-8-29-17/h6-7,9,17H,4-5,8,11-12H2,1-3H3,(H,25,27)/t17-/m1/s1. The first-order chi connectivity index (χ1) is 14.3. The highest BCUT2D eigenvalue weighted by Crippen LogP contribution is 2.28. The van der Waals surface area contributed by atoms with Gasteiger partial charge in [-0.2, -0.15) is 5.26 Å². The smallest absolute Gasteiger partial charge is 0.338 e. The number of aryl methyl sites for hydroxylation is 1. The van der Waals surface area contributed by atoms with Crippen molar-refractivity contribution in [3.8, 4) is 6.07 Å². The zero-order chi connectivity index (χ0) is 21.8. The van der Waals surface area contributed by atoms with Crippen LogP contribution in [0.2, 0.25) is 0 Å². The van der Waals surface area contributed by atoms with E-state index in [1.807, 2.05) is 18.4 Å². The van der Waals surface area contributed by atoms with Gasteiger partial charge in [0.2, 0.25) is 0 Å². The molecule has 7 nitrogen and oxygen atoms in total. The SMILES string of the molecule is Cc1ccc(C(=O)OCC(=O)Nc2c(C#N)c(C)c(C)n2C[C@H]2CCCO2)cc1F. The quantitative estimate of drug-likeness (QED) is 0.733. The van der Waals surface area contributed by atoms with Gasteiger partial charge >= 0.3 is 5.97 Å². The Hall–Kier alpha value is -3.18. The third kappa shape index (κ3) is 4.52. The summed E-state index contributed by atoms with van der Waals surface area (Å²) < 4.78 is 26.2. The fourth-order valence-electron chi connectivity index (χ4n) is 3.45. The molecule has 1 atom stereocenters. The van der Waals surface area contributed by atoms with Gasteiger partial charge in [-0.15, -0.1) is 0 Å². The minimum Gasteiger partial charge on any atom is -0.452 e. The molecule has 8 heteroatoms. The van der Waals surface area contributed by atoms with Crippen LogP contribution in [0.4, 0.5) is 10.2 Å². The lowest BCUT2D eigenvalue weighted by molar-refractivity contribution is -0.119. The molecule has 1 saturated heterocycles. The van der Waals surface area contributed by atoms with E-state index in [1.165, 1.54) is 12.1 Å². The fourth-order valence-corrected chi connectivity index (χ4v) is 3.45. The number of hydrogen-bond acceptors (Lipinski definition) is 5. The van der Waals surface area contributed by atoms with E-state index in [0.717, 1.165) is 30.2 Å². The summed E-state index contributed by atoms with van der Waals surface area (Å²) in [6, 6.07) is 6.11. The number of benzene rings is 1. The first kappa shape index (κ1) is 21.5. The molecule has 1 aliphatic heterocycles. The van der Waals surface area contributed by atoms with Gasteiger partial charge in [-0.3, -0.25) is 4.79 Å². The Balaban J connectivity index is 1.70. The van der Waals surface area contributed by atoms with E-state index in [4.69, 9.17) is 9.47 Å². The number of nitrogens with one attached hydrogen (secondary N) is 1. The van der Waals surface area contributed by atoms with Crippen molar-refractivity contribution in [2.45, 2.75) is 46.3 Å². The number of ether oxygens (including phenoxy) is 2. The molecular weight excluding hydrogens is 389 g/mol. The van der Waals surface area contributed by atoms with Crippen LogP contribution >= 0.6 is 0 Å². The summed E-state index contributed by atoms with van der Waals surface area (Å²) in [5.41, 5.74) is 2.44. The van der Waals surface area contributed by atoms with Crippen molar-refractivity contribution in [3.05, 3.63) is 52.0 Å². The molecule has 0 aliphatic carbocycles. The highest BCUT2D eigenvalue weighted by Gasteiger charge is 2.24. The minimum absolute atomic E-state index is 0.0203. The Morgan fingerprint density at radius 2 is 2.13 bits per heavy atom. The van der Waals surface area contributed by atoms with Crippen LogP contribution < -0.4 is 5.32 Å². The minimum atomic E-state index is -0.799. The van der Waals surface area contributed by atoms with Crippen LogP contribution in [-0.4, -0.2) is 35.8 Å². The number of carbonyl (C=O) groups is 2. The predicted molar refractivity (Wildman–Crippen MR) is 108 cm³/mol. The van der Waals surface area contributed by atoms with Crippen LogP contribution in [0.15, 0.2) is 18.2 Å². The van der Waals surface area contributed by atoms with E-state index < -0.39 is 24.3 Å². The zero-order valence-electron chi connectivity index (χ0n) is 17.3. The number of aromatic nitrogens is 1. The number of rotatable bonds is 6. The molecule has 1 fully saturated rings. The maximum Gasteiger partial charge on any atom is 0.338 e. The second-order valence-electron chi connectivity index (χ2n) is 7.38. The molecular formula is C22H24FN3O4. The van der Waals surface area contributed by atoms with Gasteiger partial charge in [-0.25, -0.2) is 9.18 Å². The molecule has 1 aromatic heterocycles. The fraction of sp³-hybridized carbons (Fsp3) is 0.409. The van der Waals surface area contributed by atoms with Gasteiger partial charge in [0.25, 0.3) is 5.91 Å². The summed E-state index contributed by atoms with van der Waals surface area (Å²) in [5.74, 6) is -1.54. The summed E-state index contributed by atoms with van der Waals surface area (Å²) in [6.07, 6.45) is 1.91. The molecule has 1 aromatic carbocycles. The molecule has 1 aliphatic rings. The molecule has 3 rings (SSSR count). The lowest BCUT2D eigenvalue weighted by atomic mass is 10.1. The molecule has 1 N–H and O–H groups in total. The average molecular weight is 413 g/mol. The van der Waals surface area contributed by atoms with Crippen molar-refractivity contribution in [1.82, 2.24) is 4.57 Å². The van der Waals surface area contributed by atoms with Gasteiger partial charge in [-0.1, -0.05) is 6.07 Å². The lowest BCUT2D eigenvalue weighted by Gasteiger charge is -2.17. The van der Waals surface area contributed by atoms with Gasteiger partial charge in [0, 0.05) is 12.3 Å². The summed E-state index contributed by atoms with van der Waals surface area (Å²) >= 11 is 0. The largest absolute Gasteiger partial charge is 0.452 e. The number of nitriles is 1. The Bertz CT molecular complexity index is 1020. The van der Waals surface area contributed by atoms with Crippen LogP contribution in [0, 0.1) is 37.9 Å². The van der Waals surface area contributed by atoms with E-state index in [0.29, 0.717) is 30.1 Å². The first-order valence-electron chi connectivity index (χ1n) is 9.76. The van der Waals surface area contributed by atoms with E-state index in [1.54, 1.807) is 6.92 Å². The number of hydrogen-bond donors (Lipinski definition) is 1. The van der Waals surface area contributed by atoms with Crippen molar-refractivity contribution in [2.75, 3.05) is 18.5 Å². The van der Waals surface area contributed by atoms with E-state index >= 15 is 0 Å². The summed E-state index contributed by atoms with van der Waals surface area (Å²) in [6.45, 7) is 5.95. The molecule has 1 amide bonds. The van der Waals surface area contributed by atoms with Crippen molar-refractivity contribution in [2.24, 2.45) is 0 Å². The first-order valence-corrected chi connectivity index (χ1v) is 9.76. The van der Waals surface area contributed by atoms with Crippen molar-refractivity contribution < 1.29 is 23.5 Å². The Morgan fingerprint density at radius 1 is 1.37 bits per heavy atom. The molecule has 2 heterocycles. The predicted octanol–water partition coefficient (Wildman–Crippen LogP) is 3.40. The van der Waals surface area contributed by atoms with Crippen molar-refractivity contribution >= 4 is 17.7 Å². The van der Waals surface area contributed by atoms with Gasteiger partial charge in [0.1, 0.15) is 17.7 Å². The highest BCUT2D eigenvalue weighted by atomic mass is 19.1. The topological polar surface area (TPSA) is 93.4 Å². The van der Waals surface area contributed by atoms with Crippen LogP contribution in [0.25, 0.3) is 0 Å². The van der Waals surface area contributed by atoms with Gasteiger partial charge < -0.3 is 19.4 Å². The van der Waals surface area contributed by atoms with Gasteiger partial charge in [0.05, 0.1) is 23.8 Å². The van der Waals surface area contributed by atoms with Gasteiger partial charge in [-0.05, 0) is 56.9 Å². The Labute approximate surface area is 174 Å². The third-order valence-corrected chi connectivity index (χ3v) is 5.35. The second-order valence-corrected chi connectivity index (χ2v) is 7.38. The molecule has 30 heavy (non-hydrogen) atoms. The van der Waals surface area contributed by atoms with Crippen molar-refractivity contribution in [1.29, 1.82) is 5.26 Å². The van der Waals surface area contributed by atoms with E-state index in [2.05, 4.69) is 11.4 Å². The number of carbonyl (C=O) groups excluding carboxylic acids is 2. The number of halogens is 1. The molecule has 0 unspecified atom stereocenters.